The van der Waals surface area contributed by atoms with Crippen LogP contribution in [-0.2, 0) is 4.74 Å². The Morgan fingerprint density at radius 3 is 2.71 bits per heavy atom. The second-order valence-corrected chi connectivity index (χ2v) is 9.27. The number of fused-ring (bicyclic) bond motifs is 2. The van der Waals surface area contributed by atoms with Crippen molar-refractivity contribution in [3.8, 4) is 0 Å². The SMILES string of the molecule is C[C-]1C=CC=C(c2c(F)ccc3c(N4CCOCC4)c(NC(=O)c4c[c-]nc5ccccc45)cnc23)C=C1.[CH3-].[Lr].[Rb+]. The molecular weight excluding hydrogens is 839 g/mol. The predicted molar refractivity (Wildman–Crippen MR) is 155 cm³/mol. The molecule has 2 aliphatic rings. The van der Waals surface area contributed by atoms with Crippen LogP contribution in [0.15, 0.2) is 79.0 Å². The molecule has 4 aromatic rings. The first-order chi connectivity index (χ1) is 18.6. The minimum Gasteiger partial charge on any atom is -0.386 e. The molecule has 6 rings (SSSR count). The number of ether oxygens (including phenoxy) is 1. The number of para-hydroxylation sites is 1. The Kier molecular flexibility index (Phi) is 10.7. The van der Waals surface area contributed by atoms with E-state index in [-0.39, 0.29) is 77.3 Å². The molecule has 9 heteroatoms. The molecule has 0 unspecified atom stereocenters. The number of morpholine rings is 1. The zero-order valence-corrected chi connectivity index (χ0v) is 30.2. The van der Waals surface area contributed by atoms with Crippen LogP contribution in [0.25, 0.3) is 27.4 Å². The number of pyridine rings is 2. The number of aromatic nitrogens is 2. The van der Waals surface area contributed by atoms with Gasteiger partial charge in [0.2, 0.25) is 5.91 Å². The number of benzene rings is 2. The second kappa shape index (κ2) is 13.8. The van der Waals surface area contributed by atoms with Gasteiger partial charge in [0.15, 0.2) is 0 Å². The molecule has 0 atom stereocenters. The number of nitrogens with zero attached hydrogens (tertiary/aromatic N) is 3. The van der Waals surface area contributed by atoms with Crippen LogP contribution in [0.4, 0.5) is 15.8 Å². The van der Waals surface area contributed by atoms with Crippen molar-refractivity contribution in [1.29, 1.82) is 0 Å². The molecule has 0 spiro atoms. The topological polar surface area (TPSA) is 67.3 Å². The van der Waals surface area contributed by atoms with E-state index in [1.54, 1.807) is 18.3 Å². The molecule has 1 N–H and O–H groups in total. The number of hydrogen-bond acceptors (Lipinski definition) is 5. The molecule has 0 saturated carbocycles. The summed E-state index contributed by atoms with van der Waals surface area (Å²) in [5.74, 6) is 0.436. The molecule has 1 radical (unpaired) electrons. The number of hydrogen-bond donors (Lipinski definition) is 1. The number of allylic oxidation sites excluding steroid dienone is 6. The van der Waals surface area contributed by atoms with E-state index in [1.807, 2.05) is 61.6 Å². The average molecular weight is 867 g/mol. The van der Waals surface area contributed by atoms with Gasteiger partial charge in [-0.3, -0.25) is 9.78 Å². The van der Waals surface area contributed by atoms with Gasteiger partial charge < -0.3 is 27.4 Å². The molecule has 1 saturated heterocycles. The number of halogens is 1. The van der Waals surface area contributed by atoms with Crippen LogP contribution < -0.4 is 68.4 Å². The quantitative estimate of drug-likeness (QED) is 0.320. The maximum absolute atomic E-state index is 15.3. The number of anilines is 2. The fourth-order valence-electron chi connectivity index (χ4n) is 4.94. The van der Waals surface area contributed by atoms with Gasteiger partial charge in [-0.05, 0) is 17.6 Å². The molecular formula is C32H28FLrN4O2Rb-2. The van der Waals surface area contributed by atoms with Crippen molar-refractivity contribution < 1.29 is 72.1 Å². The van der Waals surface area contributed by atoms with Gasteiger partial charge in [-0.2, -0.15) is 30.2 Å². The third kappa shape index (κ3) is 6.31. The Bertz CT molecular complexity index is 1640. The van der Waals surface area contributed by atoms with Crippen molar-refractivity contribution in [2.75, 3.05) is 36.5 Å². The predicted octanol–water partition coefficient (Wildman–Crippen LogP) is 3.37. The third-order valence-corrected chi connectivity index (χ3v) is 6.82. The van der Waals surface area contributed by atoms with E-state index >= 15 is 4.39 Å². The van der Waals surface area contributed by atoms with E-state index in [2.05, 4.69) is 21.4 Å². The second-order valence-electron chi connectivity index (χ2n) is 9.27. The third-order valence-electron chi connectivity index (χ3n) is 6.82. The number of carbonyl (C=O) groups is 1. The molecule has 3 heterocycles. The number of nitrogens with one attached hydrogen (secondary N) is 1. The standard InChI is InChI=1S/C31H25FN4O2.CH3.Lr.Rb/c1-20-5-4-6-21(10-9-20)28-25(32)12-11-24-29(28)34-19-27(30(24)36-15-17-38-18-16-36)35-31(37)23-13-14-33-26-8-3-2-7-22(23)26;;;/h2-13,19H,15-18H2,1H3,(H,35,37);1H3;;/q-2;-1;;+1. The Hall–Kier alpha value is -3.68. The molecule has 2 aromatic carbocycles. The summed E-state index contributed by atoms with van der Waals surface area (Å²) in [4.78, 5) is 24.6. The maximum Gasteiger partial charge on any atom is 1.00 e. The van der Waals surface area contributed by atoms with Crippen molar-refractivity contribution >= 4 is 44.7 Å². The first kappa shape index (κ1) is 31.8. The number of rotatable bonds is 4. The van der Waals surface area contributed by atoms with Gasteiger partial charge >= 0.3 is 58.2 Å². The Labute approximate surface area is 282 Å². The van der Waals surface area contributed by atoms with E-state index in [4.69, 9.17) is 9.72 Å². The smallest absolute Gasteiger partial charge is 0.386 e. The molecule has 1 aliphatic carbocycles. The maximum atomic E-state index is 15.3. The summed E-state index contributed by atoms with van der Waals surface area (Å²) < 4.78 is 20.9. The van der Waals surface area contributed by atoms with Crippen LogP contribution in [0.1, 0.15) is 22.8 Å². The van der Waals surface area contributed by atoms with Gasteiger partial charge in [0.25, 0.3) is 0 Å². The summed E-state index contributed by atoms with van der Waals surface area (Å²) in [5.41, 5.74) is 4.21. The summed E-state index contributed by atoms with van der Waals surface area (Å²) in [5, 5.41) is 4.57. The minimum absolute atomic E-state index is 0. The Balaban J connectivity index is 0.00000154. The van der Waals surface area contributed by atoms with Crippen molar-refractivity contribution in [2.24, 2.45) is 0 Å². The van der Waals surface area contributed by atoms with E-state index in [1.165, 1.54) is 6.07 Å². The van der Waals surface area contributed by atoms with Gasteiger partial charge in [0, 0.05) is 24.0 Å². The average Bonchev–Trinajstić information content (AvgIpc) is 3.17. The minimum atomic E-state index is -0.350. The monoisotopic (exact) mass is 866 g/mol. The largest absolute Gasteiger partial charge is 1.00 e. The van der Waals surface area contributed by atoms with Gasteiger partial charge in [-0.15, -0.1) is 12.1 Å². The Morgan fingerprint density at radius 2 is 1.90 bits per heavy atom. The van der Waals surface area contributed by atoms with E-state index < -0.39 is 0 Å². The molecule has 213 valence electrons. The van der Waals surface area contributed by atoms with Crippen LogP contribution in [-0.4, -0.2) is 42.2 Å². The van der Waals surface area contributed by atoms with Crippen LogP contribution in [0.5, 0.6) is 0 Å². The van der Waals surface area contributed by atoms with Crippen LogP contribution in [0.3, 0.4) is 0 Å². The first-order valence-corrected chi connectivity index (χ1v) is 12.5. The van der Waals surface area contributed by atoms with Gasteiger partial charge in [0.1, 0.15) is 5.82 Å². The summed E-state index contributed by atoms with van der Waals surface area (Å²) in [7, 11) is 0. The first-order valence-electron chi connectivity index (χ1n) is 12.5. The van der Waals surface area contributed by atoms with Crippen LogP contribution in [0, 0.1) is 25.4 Å². The van der Waals surface area contributed by atoms with Gasteiger partial charge in [-0.1, -0.05) is 53.9 Å². The molecule has 1 amide bonds. The number of amides is 1. The normalized spacial score (nSPS) is 14.4. The molecule has 1 aliphatic heterocycles. The van der Waals surface area contributed by atoms with Crippen molar-refractivity contribution in [2.45, 2.75) is 6.92 Å². The summed E-state index contributed by atoms with van der Waals surface area (Å²) in [6, 6.07) is 12.3. The molecule has 2 aromatic heterocycles. The Morgan fingerprint density at radius 1 is 1.12 bits per heavy atom. The molecule has 0 bridgehead atoms. The van der Waals surface area contributed by atoms with Gasteiger partial charge in [0.05, 0.1) is 36.3 Å². The van der Waals surface area contributed by atoms with E-state index in [0.717, 1.165) is 28.0 Å². The van der Waals surface area contributed by atoms with E-state index in [0.29, 0.717) is 54.2 Å². The fraction of sp³-hybridized carbons (Fsp3) is 0.156. The zero-order valence-electron chi connectivity index (χ0n) is 23.1. The van der Waals surface area contributed by atoms with Crippen LogP contribution in [0.2, 0.25) is 0 Å². The summed E-state index contributed by atoms with van der Waals surface area (Å²) >= 11 is 0. The van der Waals surface area contributed by atoms with Gasteiger partial charge in [-0.25, -0.2) is 4.39 Å². The van der Waals surface area contributed by atoms with E-state index in [9.17, 15) is 4.79 Å². The fourth-order valence-corrected chi connectivity index (χ4v) is 4.94. The molecule has 6 nitrogen and oxygen atoms in total. The number of carbonyl (C=O) groups excluding carboxylic acids is 1. The van der Waals surface area contributed by atoms with Crippen molar-refractivity contribution in [3.63, 3.8) is 0 Å². The van der Waals surface area contributed by atoms with Crippen molar-refractivity contribution in [1.82, 2.24) is 9.97 Å². The molecule has 41 heavy (non-hydrogen) atoms. The summed E-state index contributed by atoms with van der Waals surface area (Å²) in [6.07, 6.45) is 14.1. The van der Waals surface area contributed by atoms with Crippen molar-refractivity contribution in [3.05, 3.63) is 116 Å². The van der Waals surface area contributed by atoms with Crippen LogP contribution >= 0.6 is 0 Å². The zero-order chi connectivity index (χ0) is 26.1. The molecule has 1 fully saturated rings. The summed E-state index contributed by atoms with van der Waals surface area (Å²) in [6.45, 7) is 4.39.